The van der Waals surface area contributed by atoms with Crippen LogP contribution >= 0.6 is 0 Å². The SMILES string of the molecule is COc1ccccc1Nc1ccccc1[N+](=O)[O-]. The van der Waals surface area contributed by atoms with Gasteiger partial charge in [0.1, 0.15) is 11.4 Å². The van der Waals surface area contributed by atoms with E-state index in [1.54, 1.807) is 37.4 Å². The van der Waals surface area contributed by atoms with Crippen molar-refractivity contribution < 1.29 is 9.66 Å². The molecule has 92 valence electrons. The van der Waals surface area contributed by atoms with Gasteiger partial charge in [-0.1, -0.05) is 24.3 Å². The molecule has 2 rings (SSSR count). The molecule has 5 heteroatoms. The van der Waals surface area contributed by atoms with E-state index in [-0.39, 0.29) is 5.69 Å². The highest BCUT2D eigenvalue weighted by Gasteiger charge is 2.13. The van der Waals surface area contributed by atoms with Gasteiger partial charge in [0.05, 0.1) is 17.7 Å². The second kappa shape index (κ2) is 5.18. The highest BCUT2D eigenvalue weighted by atomic mass is 16.6. The Hall–Kier alpha value is -2.56. The number of anilines is 2. The minimum Gasteiger partial charge on any atom is -0.495 e. The smallest absolute Gasteiger partial charge is 0.292 e. The fourth-order valence-electron chi connectivity index (χ4n) is 1.63. The van der Waals surface area contributed by atoms with Gasteiger partial charge in [-0.15, -0.1) is 0 Å². The van der Waals surface area contributed by atoms with Crippen molar-refractivity contribution >= 4 is 17.1 Å². The summed E-state index contributed by atoms with van der Waals surface area (Å²) in [5, 5.41) is 13.9. The van der Waals surface area contributed by atoms with E-state index in [0.29, 0.717) is 17.1 Å². The third-order valence-electron chi connectivity index (χ3n) is 2.48. The predicted octanol–water partition coefficient (Wildman–Crippen LogP) is 3.35. The zero-order chi connectivity index (χ0) is 13.0. The quantitative estimate of drug-likeness (QED) is 0.661. The maximum Gasteiger partial charge on any atom is 0.292 e. The van der Waals surface area contributed by atoms with Gasteiger partial charge in [0, 0.05) is 6.07 Å². The summed E-state index contributed by atoms with van der Waals surface area (Å²) >= 11 is 0. The molecule has 0 aliphatic rings. The van der Waals surface area contributed by atoms with Gasteiger partial charge < -0.3 is 10.1 Å². The Morgan fingerprint density at radius 1 is 1.06 bits per heavy atom. The van der Waals surface area contributed by atoms with E-state index in [0.717, 1.165) is 0 Å². The number of nitrogens with one attached hydrogen (secondary N) is 1. The van der Waals surface area contributed by atoms with Crippen molar-refractivity contribution in [3.8, 4) is 5.75 Å². The summed E-state index contributed by atoms with van der Waals surface area (Å²) < 4.78 is 5.19. The van der Waals surface area contributed by atoms with Gasteiger partial charge in [-0.25, -0.2) is 0 Å². The fraction of sp³-hybridized carbons (Fsp3) is 0.0769. The zero-order valence-electron chi connectivity index (χ0n) is 9.79. The Morgan fingerprint density at radius 2 is 1.67 bits per heavy atom. The molecule has 0 unspecified atom stereocenters. The van der Waals surface area contributed by atoms with Crippen molar-refractivity contribution in [2.24, 2.45) is 0 Å². The Balaban J connectivity index is 2.37. The number of methoxy groups -OCH3 is 1. The molecule has 0 atom stereocenters. The molecule has 0 fully saturated rings. The summed E-state index contributed by atoms with van der Waals surface area (Å²) in [5.74, 6) is 0.635. The third-order valence-corrected chi connectivity index (χ3v) is 2.48. The van der Waals surface area contributed by atoms with Crippen LogP contribution in [0.2, 0.25) is 0 Å². The van der Waals surface area contributed by atoms with Gasteiger partial charge in [0.2, 0.25) is 0 Å². The second-order valence-electron chi connectivity index (χ2n) is 3.60. The van der Waals surface area contributed by atoms with Crippen LogP contribution in [-0.2, 0) is 0 Å². The van der Waals surface area contributed by atoms with Crippen LogP contribution in [0, 0.1) is 10.1 Å². The van der Waals surface area contributed by atoms with Crippen molar-refractivity contribution in [2.45, 2.75) is 0 Å². The van der Waals surface area contributed by atoms with E-state index in [2.05, 4.69) is 5.32 Å². The molecular weight excluding hydrogens is 232 g/mol. The van der Waals surface area contributed by atoms with Gasteiger partial charge >= 0.3 is 0 Å². The summed E-state index contributed by atoms with van der Waals surface area (Å²) in [4.78, 5) is 10.5. The van der Waals surface area contributed by atoms with Crippen LogP contribution in [0.15, 0.2) is 48.5 Å². The van der Waals surface area contributed by atoms with Crippen molar-refractivity contribution in [3.05, 3.63) is 58.6 Å². The summed E-state index contributed by atoms with van der Waals surface area (Å²) in [6.07, 6.45) is 0. The highest BCUT2D eigenvalue weighted by molar-refractivity contribution is 5.72. The number of nitrogens with zero attached hydrogens (tertiary/aromatic N) is 1. The lowest BCUT2D eigenvalue weighted by Crippen LogP contribution is -1.98. The maximum absolute atomic E-state index is 10.9. The number of hydrogen-bond acceptors (Lipinski definition) is 4. The molecule has 0 aromatic heterocycles. The first-order chi connectivity index (χ1) is 8.72. The molecule has 18 heavy (non-hydrogen) atoms. The van der Waals surface area contributed by atoms with Crippen LogP contribution in [0.5, 0.6) is 5.75 Å². The first kappa shape index (κ1) is 11.9. The lowest BCUT2D eigenvalue weighted by Gasteiger charge is -2.10. The van der Waals surface area contributed by atoms with E-state index in [9.17, 15) is 10.1 Å². The molecule has 0 aliphatic heterocycles. The van der Waals surface area contributed by atoms with Crippen LogP contribution in [0.3, 0.4) is 0 Å². The largest absolute Gasteiger partial charge is 0.495 e. The van der Waals surface area contributed by atoms with Crippen LogP contribution < -0.4 is 10.1 Å². The Morgan fingerprint density at radius 3 is 2.33 bits per heavy atom. The normalized spacial score (nSPS) is 9.83. The van der Waals surface area contributed by atoms with Gasteiger partial charge in [-0.2, -0.15) is 0 Å². The second-order valence-corrected chi connectivity index (χ2v) is 3.60. The summed E-state index contributed by atoms with van der Waals surface area (Å²) in [6.45, 7) is 0. The first-order valence-corrected chi connectivity index (χ1v) is 5.36. The fourth-order valence-corrected chi connectivity index (χ4v) is 1.63. The monoisotopic (exact) mass is 244 g/mol. The molecule has 0 radical (unpaired) electrons. The maximum atomic E-state index is 10.9. The summed E-state index contributed by atoms with van der Waals surface area (Å²) in [7, 11) is 1.56. The van der Waals surface area contributed by atoms with Crippen molar-refractivity contribution in [3.63, 3.8) is 0 Å². The number of para-hydroxylation sites is 4. The Labute approximate surface area is 104 Å². The molecule has 0 bridgehead atoms. The third kappa shape index (κ3) is 2.40. The number of hydrogen-bond donors (Lipinski definition) is 1. The van der Waals surface area contributed by atoms with Crippen LogP contribution in [0.25, 0.3) is 0 Å². The molecule has 5 nitrogen and oxygen atoms in total. The van der Waals surface area contributed by atoms with Gasteiger partial charge in [0.25, 0.3) is 5.69 Å². The van der Waals surface area contributed by atoms with E-state index in [1.165, 1.54) is 6.07 Å². The molecule has 0 amide bonds. The number of nitro benzene ring substituents is 1. The standard InChI is InChI=1S/C13H12N2O3/c1-18-13-9-5-3-7-11(13)14-10-6-2-4-8-12(10)15(16)17/h2-9,14H,1H3. The Kier molecular flexibility index (Phi) is 3.43. The molecule has 2 aromatic carbocycles. The average molecular weight is 244 g/mol. The van der Waals surface area contributed by atoms with Crippen LogP contribution in [-0.4, -0.2) is 12.0 Å². The van der Waals surface area contributed by atoms with E-state index in [1.807, 2.05) is 12.1 Å². The molecular formula is C13H12N2O3. The lowest BCUT2D eigenvalue weighted by molar-refractivity contribution is -0.383. The molecule has 0 saturated carbocycles. The Bertz CT molecular complexity index is 570. The van der Waals surface area contributed by atoms with Crippen molar-refractivity contribution in [2.75, 3.05) is 12.4 Å². The topological polar surface area (TPSA) is 64.4 Å². The van der Waals surface area contributed by atoms with Crippen molar-refractivity contribution in [1.29, 1.82) is 0 Å². The molecule has 1 N–H and O–H groups in total. The zero-order valence-corrected chi connectivity index (χ0v) is 9.79. The average Bonchev–Trinajstić information content (AvgIpc) is 2.40. The minimum atomic E-state index is -0.419. The van der Waals surface area contributed by atoms with Crippen molar-refractivity contribution in [1.82, 2.24) is 0 Å². The molecule has 0 spiro atoms. The lowest BCUT2D eigenvalue weighted by atomic mass is 10.2. The number of nitro groups is 1. The van der Waals surface area contributed by atoms with Gasteiger partial charge in [0.15, 0.2) is 0 Å². The number of rotatable bonds is 4. The molecule has 0 saturated heterocycles. The van der Waals surface area contributed by atoms with Gasteiger partial charge in [-0.05, 0) is 18.2 Å². The highest BCUT2D eigenvalue weighted by Crippen LogP contribution is 2.31. The minimum absolute atomic E-state index is 0.0309. The van der Waals surface area contributed by atoms with E-state index >= 15 is 0 Å². The number of benzene rings is 2. The molecule has 0 aliphatic carbocycles. The van der Waals surface area contributed by atoms with E-state index in [4.69, 9.17) is 4.74 Å². The van der Waals surface area contributed by atoms with Crippen LogP contribution in [0.4, 0.5) is 17.1 Å². The van der Waals surface area contributed by atoms with E-state index < -0.39 is 4.92 Å². The number of ether oxygens (including phenoxy) is 1. The summed E-state index contributed by atoms with van der Waals surface area (Å²) in [6, 6.07) is 13.7. The first-order valence-electron chi connectivity index (χ1n) is 5.36. The molecule has 0 heterocycles. The van der Waals surface area contributed by atoms with Gasteiger partial charge in [-0.3, -0.25) is 10.1 Å². The predicted molar refractivity (Wildman–Crippen MR) is 69.4 cm³/mol. The van der Waals surface area contributed by atoms with Crippen LogP contribution in [0.1, 0.15) is 0 Å². The molecule has 2 aromatic rings. The summed E-state index contributed by atoms with van der Waals surface area (Å²) in [5.41, 5.74) is 1.16.